The van der Waals surface area contributed by atoms with Crippen molar-refractivity contribution in [1.82, 2.24) is 24.0 Å². The van der Waals surface area contributed by atoms with Crippen LogP contribution in [0.3, 0.4) is 0 Å². The average molecular weight is 439 g/mol. The van der Waals surface area contributed by atoms with Gasteiger partial charge in [-0.05, 0) is 37.9 Å². The number of anilines is 1. The predicted molar refractivity (Wildman–Crippen MR) is 129 cm³/mol. The molecular weight excluding hydrogens is 404 g/mol. The van der Waals surface area contributed by atoms with Gasteiger partial charge >= 0.3 is 5.69 Å². The monoisotopic (exact) mass is 438 g/mol. The van der Waals surface area contributed by atoms with E-state index in [4.69, 9.17) is 4.98 Å². The van der Waals surface area contributed by atoms with Crippen LogP contribution in [-0.4, -0.2) is 56.7 Å². The van der Waals surface area contributed by atoms with E-state index in [1.54, 1.807) is 7.05 Å². The van der Waals surface area contributed by atoms with Crippen molar-refractivity contribution in [2.24, 2.45) is 7.05 Å². The second-order valence-corrected chi connectivity index (χ2v) is 8.95. The summed E-state index contributed by atoms with van der Waals surface area (Å²) in [6.07, 6.45) is 3.73. The summed E-state index contributed by atoms with van der Waals surface area (Å²) in [4.78, 5) is 37.1. The number of piperazine rings is 1. The molecule has 1 fully saturated rings. The van der Waals surface area contributed by atoms with E-state index in [2.05, 4.69) is 53.8 Å². The van der Waals surface area contributed by atoms with Gasteiger partial charge < -0.3 is 4.90 Å². The first-order valence-electron chi connectivity index (χ1n) is 11.6. The molecule has 0 spiro atoms. The molecule has 1 aliphatic rings. The molecule has 32 heavy (non-hydrogen) atoms. The Bertz CT molecular complexity index is 1210. The van der Waals surface area contributed by atoms with Crippen molar-refractivity contribution < 1.29 is 0 Å². The topological polar surface area (TPSA) is 79.2 Å². The molecule has 0 bridgehead atoms. The van der Waals surface area contributed by atoms with Crippen LogP contribution in [0.1, 0.15) is 42.9 Å². The Labute approximate surface area is 188 Å². The summed E-state index contributed by atoms with van der Waals surface area (Å²) in [6, 6.07) is 6.37. The minimum atomic E-state index is -0.439. The number of hydrogen-bond acceptors (Lipinski definition) is 5. The van der Waals surface area contributed by atoms with Crippen molar-refractivity contribution in [2.45, 2.75) is 46.6 Å². The Morgan fingerprint density at radius 1 is 1.06 bits per heavy atom. The summed E-state index contributed by atoms with van der Waals surface area (Å²) in [5.41, 5.74) is 3.57. The van der Waals surface area contributed by atoms with Crippen LogP contribution in [0.25, 0.3) is 11.2 Å². The highest BCUT2D eigenvalue weighted by atomic mass is 16.2. The third kappa shape index (κ3) is 4.37. The summed E-state index contributed by atoms with van der Waals surface area (Å²) in [7, 11) is 1.66. The van der Waals surface area contributed by atoms with E-state index in [0.717, 1.165) is 44.2 Å². The Kier molecular flexibility index (Phi) is 6.50. The Morgan fingerprint density at radius 2 is 1.81 bits per heavy atom. The molecule has 1 aromatic carbocycles. The van der Waals surface area contributed by atoms with E-state index < -0.39 is 5.69 Å². The van der Waals surface area contributed by atoms with Gasteiger partial charge in [-0.25, -0.2) is 4.79 Å². The van der Waals surface area contributed by atoms with Gasteiger partial charge in [0.2, 0.25) is 5.95 Å². The van der Waals surface area contributed by atoms with Crippen molar-refractivity contribution >= 4 is 17.1 Å². The zero-order chi connectivity index (χ0) is 22.8. The number of unbranched alkanes of at least 4 members (excludes halogenated alkanes) is 2. The van der Waals surface area contributed by atoms with Crippen LogP contribution in [0.2, 0.25) is 0 Å². The number of nitrogens with zero attached hydrogens (tertiary/aromatic N) is 5. The number of aromatic nitrogens is 4. The van der Waals surface area contributed by atoms with Gasteiger partial charge in [0.15, 0.2) is 11.2 Å². The molecule has 0 radical (unpaired) electrons. The molecule has 8 heteroatoms. The first-order chi connectivity index (χ1) is 15.4. The lowest BCUT2D eigenvalue weighted by Gasteiger charge is -2.35. The van der Waals surface area contributed by atoms with Crippen LogP contribution in [0, 0.1) is 13.8 Å². The first-order valence-corrected chi connectivity index (χ1v) is 11.6. The van der Waals surface area contributed by atoms with Crippen LogP contribution in [-0.2, 0) is 13.6 Å². The molecule has 0 aliphatic carbocycles. The first kappa shape index (κ1) is 22.3. The van der Waals surface area contributed by atoms with Gasteiger partial charge in [0, 0.05) is 33.2 Å². The van der Waals surface area contributed by atoms with Gasteiger partial charge in [-0.2, -0.15) is 4.98 Å². The molecule has 8 nitrogen and oxygen atoms in total. The Balaban J connectivity index is 1.72. The number of imidazole rings is 1. The second-order valence-electron chi connectivity index (χ2n) is 8.95. The number of fused-ring (bicyclic) bond motifs is 1. The molecule has 172 valence electrons. The molecule has 0 saturated carbocycles. The van der Waals surface area contributed by atoms with Crippen molar-refractivity contribution in [3.8, 4) is 0 Å². The van der Waals surface area contributed by atoms with E-state index in [0.29, 0.717) is 17.7 Å². The standard InChI is InChI=1S/C24H34N6O2/c1-5-6-7-10-28-11-13-29(14-12-28)23-25-21-20(22(31)26-24(32)27(21)4)30(23)16-19-15-17(2)8-9-18(19)3/h8-9,15H,5-7,10-14,16H2,1-4H3,(H,26,31,32). The number of aryl methyl sites for hydroxylation is 3. The van der Waals surface area contributed by atoms with E-state index in [9.17, 15) is 9.59 Å². The summed E-state index contributed by atoms with van der Waals surface area (Å²) >= 11 is 0. The van der Waals surface area contributed by atoms with Crippen LogP contribution in [0.15, 0.2) is 27.8 Å². The molecule has 0 unspecified atom stereocenters. The van der Waals surface area contributed by atoms with Crippen LogP contribution in [0.5, 0.6) is 0 Å². The number of nitrogens with one attached hydrogen (secondary N) is 1. The van der Waals surface area contributed by atoms with Gasteiger partial charge in [0.25, 0.3) is 5.56 Å². The van der Waals surface area contributed by atoms with Crippen molar-refractivity contribution in [3.63, 3.8) is 0 Å². The number of rotatable bonds is 7. The molecular formula is C24H34N6O2. The summed E-state index contributed by atoms with van der Waals surface area (Å²) in [6.45, 7) is 11.7. The van der Waals surface area contributed by atoms with Crippen LogP contribution < -0.4 is 16.1 Å². The van der Waals surface area contributed by atoms with Crippen LogP contribution >= 0.6 is 0 Å². The molecule has 1 saturated heterocycles. The normalized spacial score (nSPS) is 15.1. The predicted octanol–water partition coefficient (Wildman–Crippen LogP) is 2.40. The second kappa shape index (κ2) is 9.32. The molecule has 1 N–H and O–H groups in total. The maximum absolute atomic E-state index is 12.9. The van der Waals surface area contributed by atoms with E-state index in [1.165, 1.54) is 35.0 Å². The fraction of sp³-hybridized carbons (Fsp3) is 0.542. The fourth-order valence-corrected chi connectivity index (χ4v) is 4.51. The third-order valence-electron chi connectivity index (χ3n) is 6.55. The highest BCUT2D eigenvalue weighted by molar-refractivity contribution is 5.74. The quantitative estimate of drug-likeness (QED) is 0.573. The molecule has 1 aliphatic heterocycles. The number of hydrogen-bond donors (Lipinski definition) is 1. The van der Waals surface area contributed by atoms with E-state index in [-0.39, 0.29) is 5.56 Å². The van der Waals surface area contributed by atoms with E-state index in [1.807, 2.05) is 4.57 Å². The van der Waals surface area contributed by atoms with Gasteiger partial charge in [-0.1, -0.05) is 43.5 Å². The van der Waals surface area contributed by atoms with Gasteiger partial charge in [0.05, 0.1) is 6.54 Å². The third-order valence-corrected chi connectivity index (χ3v) is 6.55. The highest BCUT2D eigenvalue weighted by Crippen LogP contribution is 2.24. The number of aromatic amines is 1. The SMILES string of the molecule is CCCCCN1CCN(c2nc3c(c(=O)[nH]c(=O)n3C)n2Cc2cc(C)ccc2C)CC1. The highest BCUT2D eigenvalue weighted by Gasteiger charge is 2.25. The lowest BCUT2D eigenvalue weighted by Crippen LogP contribution is -2.47. The number of H-pyrrole nitrogens is 1. The fourth-order valence-electron chi connectivity index (χ4n) is 4.51. The van der Waals surface area contributed by atoms with Crippen molar-refractivity contribution in [3.05, 3.63) is 55.7 Å². The maximum atomic E-state index is 12.9. The van der Waals surface area contributed by atoms with Gasteiger partial charge in [-0.15, -0.1) is 0 Å². The lowest BCUT2D eigenvalue weighted by atomic mass is 10.1. The zero-order valence-corrected chi connectivity index (χ0v) is 19.6. The van der Waals surface area contributed by atoms with Crippen molar-refractivity contribution in [1.29, 1.82) is 0 Å². The van der Waals surface area contributed by atoms with Gasteiger partial charge in [-0.3, -0.25) is 23.8 Å². The Morgan fingerprint density at radius 3 is 2.53 bits per heavy atom. The lowest BCUT2D eigenvalue weighted by molar-refractivity contribution is 0.251. The largest absolute Gasteiger partial charge is 0.340 e. The molecule has 0 amide bonds. The van der Waals surface area contributed by atoms with Gasteiger partial charge in [0.1, 0.15) is 0 Å². The Hall–Kier alpha value is -2.87. The summed E-state index contributed by atoms with van der Waals surface area (Å²) in [5, 5.41) is 0. The average Bonchev–Trinajstić information content (AvgIpc) is 3.15. The van der Waals surface area contributed by atoms with Crippen molar-refractivity contribution in [2.75, 3.05) is 37.6 Å². The summed E-state index contributed by atoms with van der Waals surface area (Å²) in [5.74, 6) is 0.765. The number of benzene rings is 1. The molecule has 0 atom stereocenters. The van der Waals surface area contributed by atoms with Crippen LogP contribution in [0.4, 0.5) is 5.95 Å². The maximum Gasteiger partial charge on any atom is 0.329 e. The zero-order valence-electron chi connectivity index (χ0n) is 19.6. The summed E-state index contributed by atoms with van der Waals surface area (Å²) < 4.78 is 3.42. The molecule has 3 aromatic rings. The smallest absolute Gasteiger partial charge is 0.329 e. The minimum Gasteiger partial charge on any atom is -0.340 e. The molecule has 4 rings (SSSR count). The molecule has 2 aromatic heterocycles. The van der Waals surface area contributed by atoms with E-state index >= 15 is 0 Å². The molecule has 3 heterocycles. The minimum absolute atomic E-state index is 0.384.